The molecule has 0 bridgehead atoms. The first-order valence-electron chi connectivity index (χ1n) is 7.21. The van der Waals surface area contributed by atoms with Crippen LogP contribution in [0.2, 0.25) is 5.02 Å². The van der Waals surface area contributed by atoms with Crippen molar-refractivity contribution < 1.29 is 19.2 Å². The van der Waals surface area contributed by atoms with E-state index >= 15 is 0 Å². The molecule has 0 fully saturated rings. The number of hydrogen-bond acceptors (Lipinski definition) is 5. The maximum absolute atomic E-state index is 12.2. The van der Waals surface area contributed by atoms with Crippen LogP contribution in [-0.4, -0.2) is 29.9 Å². The molecule has 0 aliphatic carbocycles. The molecule has 0 unspecified atom stereocenters. The van der Waals surface area contributed by atoms with Crippen LogP contribution in [0.1, 0.15) is 0 Å². The minimum atomic E-state index is -0.529. The van der Waals surface area contributed by atoms with E-state index < -0.39 is 10.8 Å². The third-order valence-electron chi connectivity index (χ3n) is 3.53. The summed E-state index contributed by atoms with van der Waals surface area (Å²) in [7, 11) is 0. The van der Waals surface area contributed by atoms with E-state index in [0.717, 1.165) is 0 Å². The van der Waals surface area contributed by atoms with Crippen molar-refractivity contribution in [2.24, 2.45) is 0 Å². The Hall–Kier alpha value is -3.13. The molecule has 1 aliphatic rings. The van der Waals surface area contributed by atoms with E-state index in [1.807, 2.05) is 0 Å². The number of non-ortho nitro benzene ring substituents is 1. The molecule has 0 radical (unpaired) electrons. The molecule has 0 saturated carbocycles. The molecular weight excluding hydrogens is 350 g/mol. The molecule has 9 heteroatoms. The molecule has 2 aromatic carbocycles. The van der Waals surface area contributed by atoms with Crippen molar-refractivity contribution in [3.63, 3.8) is 0 Å². The van der Waals surface area contributed by atoms with E-state index in [0.29, 0.717) is 22.1 Å². The topological polar surface area (TPSA) is 102 Å². The summed E-state index contributed by atoms with van der Waals surface area (Å²) in [5.74, 6) is -0.351. The Morgan fingerprint density at radius 1 is 1.28 bits per heavy atom. The number of hydrogen-bond donors (Lipinski definition) is 1. The van der Waals surface area contributed by atoms with Gasteiger partial charge in [0.1, 0.15) is 12.3 Å². The van der Waals surface area contributed by atoms with E-state index in [4.69, 9.17) is 16.3 Å². The predicted molar refractivity (Wildman–Crippen MR) is 91.0 cm³/mol. The zero-order valence-electron chi connectivity index (χ0n) is 12.8. The maximum atomic E-state index is 12.2. The molecule has 1 aliphatic heterocycles. The minimum Gasteiger partial charge on any atom is -0.482 e. The zero-order chi connectivity index (χ0) is 18.0. The lowest BCUT2D eigenvalue weighted by Gasteiger charge is -2.29. The van der Waals surface area contributed by atoms with Crippen LogP contribution in [0, 0.1) is 10.1 Å². The Morgan fingerprint density at radius 3 is 2.68 bits per heavy atom. The van der Waals surface area contributed by atoms with Crippen LogP contribution >= 0.6 is 11.6 Å². The van der Waals surface area contributed by atoms with Crippen molar-refractivity contribution in [2.75, 3.05) is 23.4 Å². The summed E-state index contributed by atoms with van der Waals surface area (Å²) in [4.78, 5) is 35.7. The summed E-state index contributed by atoms with van der Waals surface area (Å²) >= 11 is 5.95. The summed E-state index contributed by atoms with van der Waals surface area (Å²) in [6, 6.07) is 10.2. The molecule has 3 rings (SSSR count). The number of carbonyl (C=O) groups excluding carboxylic acids is 2. The van der Waals surface area contributed by atoms with Crippen LogP contribution in [0.4, 0.5) is 17.1 Å². The Bertz CT molecular complexity index is 853. The summed E-state index contributed by atoms with van der Waals surface area (Å²) in [5.41, 5.74) is 0.732. The van der Waals surface area contributed by atoms with Crippen LogP contribution in [-0.2, 0) is 9.59 Å². The summed E-state index contributed by atoms with van der Waals surface area (Å²) in [6.45, 7) is -0.397. The second-order valence-corrected chi connectivity index (χ2v) is 5.67. The summed E-state index contributed by atoms with van der Waals surface area (Å²) in [5, 5.41) is 13.6. The number of nitrogens with zero attached hydrogens (tertiary/aromatic N) is 2. The number of amides is 2. The number of nitro benzene ring substituents is 1. The average molecular weight is 362 g/mol. The van der Waals surface area contributed by atoms with Gasteiger partial charge in [0.2, 0.25) is 5.91 Å². The number of rotatable bonds is 4. The van der Waals surface area contributed by atoms with Gasteiger partial charge in [-0.25, -0.2) is 0 Å². The van der Waals surface area contributed by atoms with Crippen LogP contribution in [0.15, 0.2) is 42.5 Å². The quantitative estimate of drug-likeness (QED) is 0.666. The number of carbonyl (C=O) groups is 2. The SMILES string of the molecule is O=C(CN1C(=O)COc2ccc(Cl)cc21)Nc1ccc([N+](=O)[O-])cc1. The molecule has 2 aromatic rings. The molecule has 0 aromatic heterocycles. The Labute approximate surface area is 147 Å². The first kappa shape index (κ1) is 16.7. The molecule has 1 heterocycles. The number of anilines is 2. The van der Waals surface area contributed by atoms with Crippen molar-refractivity contribution in [1.29, 1.82) is 0 Å². The second-order valence-electron chi connectivity index (χ2n) is 5.23. The third kappa shape index (κ3) is 3.69. The fraction of sp³-hybridized carbons (Fsp3) is 0.125. The van der Waals surface area contributed by atoms with Crippen LogP contribution in [0.25, 0.3) is 0 Å². The fourth-order valence-corrected chi connectivity index (χ4v) is 2.53. The third-order valence-corrected chi connectivity index (χ3v) is 3.76. The molecule has 8 nitrogen and oxygen atoms in total. The van der Waals surface area contributed by atoms with Gasteiger partial charge in [-0.3, -0.25) is 24.6 Å². The lowest BCUT2D eigenvalue weighted by atomic mass is 10.2. The lowest BCUT2D eigenvalue weighted by Crippen LogP contribution is -2.43. The Morgan fingerprint density at radius 2 is 2.00 bits per heavy atom. The van der Waals surface area contributed by atoms with E-state index in [1.165, 1.54) is 29.2 Å². The van der Waals surface area contributed by atoms with Gasteiger partial charge in [0.05, 0.1) is 10.6 Å². The monoisotopic (exact) mass is 361 g/mol. The van der Waals surface area contributed by atoms with E-state index in [9.17, 15) is 19.7 Å². The highest BCUT2D eigenvalue weighted by atomic mass is 35.5. The van der Waals surface area contributed by atoms with Crippen LogP contribution < -0.4 is 15.0 Å². The fourth-order valence-electron chi connectivity index (χ4n) is 2.36. The van der Waals surface area contributed by atoms with Gasteiger partial charge in [0, 0.05) is 22.8 Å². The molecule has 2 amide bonds. The van der Waals surface area contributed by atoms with Gasteiger partial charge in [-0.15, -0.1) is 0 Å². The Balaban J connectivity index is 1.73. The molecule has 0 saturated heterocycles. The van der Waals surface area contributed by atoms with E-state index in [2.05, 4.69) is 5.32 Å². The zero-order valence-corrected chi connectivity index (χ0v) is 13.5. The first-order valence-corrected chi connectivity index (χ1v) is 7.59. The highest BCUT2D eigenvalue weighted by Crippen LogP contribution is 2.34. The lowest BCUT2D eigenvalue weighted by molar-refractivity contribution is -0.384. The predicted octanol–water partition coefficient (Wildman–Crippen LogP) is 2.61. The first-order chi connectivity index (χ1) is 11.9. The summed E-state index contributed by atoms with van der Waals surface area (Å²) in [6.07, 6.45) is 0. The van der Waals surface area contributed by atoms with Gasteiger partial charge < -0.3 is 10.1 Å². The maximum Gasteiger partial charge on any atom is 0.269 e. The van der Waals surface area contributed by atoms with Gasteiger partial charge >= 0.3 is 0 Å². The van der Waals surface area contributed by atoms with Crippen molar-refractivity contribution in [1.82, 2.24) is 0 Å². The number of ether oxygens (including phenoxy) is 1. The van der Waals surface area contributed by atoms with Crippen molar-refractivity contribution in [2.45, 2.75) is 0 Å². The van der Waals surface area contributed by atoms with E-state index in [-0.39, 0.29) is 24.7 Å². The van der Waals surface area contributed by atoms with Gasteiger partial charge in [-0.1, -0.05) is 11.6 Å². The van der Waals surface area contributed by atoms with Crippen molar-refractivity contribution >= 4 is 40.5 Å². The molecule has 25 heavy (non-hydrogen) atoms. The molecule has 128 valence electrons. The summed E-state index contributed by atoms with van der Waals surface area (Å²) < 4.78 is 5.31. The standard InChI is InChI=1S/C16H12ClN3O5/c17-10-1-6-14-13(7-10)19(16(22)9-25-14)8-15(21)18-11-2-4-12(5-3-11)20(23)24/h1-7H,8-9H2,(H,18,21). The molecule has 0 spiro atoms. The van der Waals surface area contributed by atoms with Crippen molar-refractivity contribution in [3.05, 3.63) is 57.6 Å². The molecule has 1 N–H and O–H groups in total. The molecule has 0 atom stereocenters. The normalized spacial score (nSPS) is 13.0. The number of nitrogens with one attached hydrogen (secondary N) is 1. The van der Waals surface area contributed by atoms with Gasteiger partial charge in [0.25, 0.3) is 11.6 Å². The van der Waals surface area contributed by atoms with Gasteiger partial charge in [-0.2, -0.15) is 0 Å². The number of halogens is 1. The van der Waals surface area contributed by atoms with Gasteiger partial charge in [-0.05, 0) is 30.3 Å². The number of nitro groups is 1. The number of benzene rings is 2. The molecular formula is C16H12ClN3O5. The smallest absolute Gasteiger partial charge is 0.269 e. The largest absolute Gasteiger partial charge is 0.482 e. The average Bonchev–Trinajstić information content (AvgIpc) is 2.58. The number of fused-ring (bicyclic) bond motifs is 1. The van der Waals surface area contributed by atoms with E-state index in [1.54, 1.807) is 18.2 Å². The highest BCUT2D eigenvalue weighted by Gasteiger charge is 2.27. The highest BCUT2D eigenvalue weighted by molar-refractivity contribution is 6.31. The second kappa shape index (κ2) is 6.78. The Kier molecular flexibility index (Phi) is 4.53. The van der Waals surface area contributed by atoms with Crippen LogP contribution in [0.3, 0.4) is 0 Å². The van der Waals surface area contributed by atoms with Gasteiger partial charge in [0.15, 0.2) is 6.61 Å². The van der Waals surface area contributed by atoms with Crippen molar-refractivity contribution in [3.8, 4) is 5.75 Å². The minimum absolute atomic E-state index is 0.0788. The van der Waals surface area contributed by atoms with Crippen LogP contribution in [0.5, 0.6) is 5.75 Å².